The molecule has 0 spiro atoms. The monoisotopic (exact) mass is 381 g/mol. The molecule has 2 rings (SSSR count). The molecule has 0 N–H and O–H groups in total. The van der Waals surface area contributed by atoms with Crippen LogP contribution in [0.2, 0.25) is 0 Å². The third-order valence-electron chi connectivity index (χ3n) is 4.23. The smallest absolute Gasteiger partial charge is 0.253 e. The summed E-state index contributed by atoms with van der Waals surface area (Å²) in [5.74, 6) is 0.231. The number of nitrogens with zero attached hydrogens (tertiary/aromatic N) is 3. The quantitative estimate of drug-likeness (QED) is 0.783. The Balaban J connectivity index is 1.85. The summed E-state index contributed by atoms with van der Waals surface area (Å²) >= 11 is 3.38. The first kappa shape index (κ1) is 17.9. The van der Waals surface area contributed by atoms with Crippen LogP contribution in [0.3, 0.4) is 0 Å². The van der Waals surface area contributed by atoms with E-state index in [2.05, 4.69) is 20.8 Å². The van der Waals surface area contributed by atoms with Gasteiger partial charge in [-0.1, -0.05) is 15.9 Å². The van der Waals surface area contributed by atoms with Crippen molar-refractivity contribution in [2.24, 2.45) is 0 Å². The second kappa shape index (κ2) is 8.45. The molecule has 0 atom stereocenters. The summed E-state index contributed by atoms with van der Waals surface area (Å²) in [4.78, 5) is 30.4. The zero-order valence-corrected chi connectivity index (χ0v) is 15.4. The molecule has 1 aromatic rings. The van der Waals surface area contributed by atoms with Gasteiger partial charge in [0.15, 0.2) is 0 Å². The number of carbonyl (C=O) groups is 2. The highest BCUT2D eigenvalue weighted by Gasteiger charge is 2.24. The van der Waals surface area contributed by atoms with Crippen LogP contribution in [0.4, 0.5) is 0 Å². The minimum absolute atomic E-state index is 0.0622. The minimum atomic E-state index is 0.0622. The van der Waals surface area contributed by atoms with Crippen molar-refractivity contribution < 1.29 is 9.59 Å². The Kier molecular flexibility index (Phi) is 6.59. The van der Waals surface area contributed by atoms with Gasteiger partial charge in [-0.05, 0) is 38.1 Å². The number of halogens is 1. The van der Waals surface area contributed by atoms with Gasteiger partial charge in [0, 0.05) is 49.3 Å². The summed E-state index contributed by atoms with van der Waals surface area (Å²) in [5, 5.41) is 0. The largest absolute Gasteiger partial charge is 0.342 e. The predicted octanol–water partition coefficient (Wildman–Crippen LogP) is 2.08. The molecule has 5 nitrogen and oxygen atoms in total. The number of likely N-dealkylation sites (N-methyl/N-ethyl adjacent to an activating group) is 1. The Morgan fingerprint density at radius 3 is 2.13 bits per heavy atom. The van der Waals surface area contributed by atoms with Crippen LogP contribution in [0.5, 0.6) is 0 Å². The molecular formula is C17H24BrN3O2. The molecule has 1 heterocycles. The lowest BCUT2D eigenvalue weighted by atomic mass is 10.2. The summed E-state index contributed by atoms with van der Waals surface area (Å²) in [6.45, 7) is 8.76. The standard InChI is InChI=1S/C17H24BrN3O2/c1-3-20(4-2)16(22)13-19-9-11-21(12-10-19)17(23)14-5-7-15(18)8-6-14/h5-8H,3-4,9-13H2,1-2H3. The second-order valence-corrected chi connectivity index (χ2v) is 6.56. The van der Waals surface area contributed by atoms with Crippen LogP contribution in [0, 0.1) is 0 Å². The minimum Gasteiger partial charge on any atom is -0.342 e. The summed E-state index contributed by atoms with van der Waals surface area (Å²) in [6.07, 6.45) is 0. The number of piperazine rings is 1. The highest BCUT2D eigenvalue weighted by molar-refractivity contribution is 9.10. The second-order valence-electron chi connectivity index (χ2n) is 5.64. The number of carbonyl (C=O) groups excluding carboxylic acids is 2. The zero-order valence-electron chi connectivity index (χ0n) is 13.8. The van der Waals surface area contributed by atoms with Crippen LogP contribution in [-0.2, 0) is 4.79 Å². The molecule has 1 fully saturated rings. The van der Waals surface area contributed by atoms with Crippen molar-refractivity contribution >= 4 is 27.7 Å². The van der Waals surface area contributed by atoms with Crippen molar-refractivity contribution in [1.82, 2.24) is 14.7 Å². The van der Waals surface area contributed by atoms with E-state index in [4.69, 9.17) is 0 Å². The molecular weight excluding hydrogens is 358 g/mol. The van der Waals surface area contributed by atoms with Crippen LogP contribution in [0.1, 0.15) is 24.2 Å². The fourth-order valence-electron chi connectivity index (χ4n) is 2.75. The van der Waals surface area contributed by atoms with Gasteiger partial charge in [-0.15, -0.1) is 0 Å². The Hall–Kier alpha value is -1.40. The number of hydrogen-bond donors (Lipinski definition) is 0. The highest BCUT2D eigenvalue weighted by atomic mass is 79.9. The lowest BCUT2D eigenvalue weighted by Gasteiger charge is -2.35. The fourth-order valence-corrected chi connectivity index (χ4v) is 3.02. The van der Waals surface area contributed by atoms with Crippen molar-refractivity contribution in [3.63, 3.8) is 0 Å². The van der Waals surface area contributed by atoms with Crippen LogP contribution >= 0.6 is 15.9 Å². The molecule has 0 aromatic heterocycles. The third kappa shape index (κ3) is 4.78. The Morgan fingerprint density at radius 2 is 1.61 bits per heavy atom. The van der Waals surface area contributed by atoms with E-state index in [1.54, 1.807) is 0 Å². The fraction of sp³-hybridized carbons (Fsp3) is 0.529. The van der Waals surface area contributed by atoms with Crippen LogP contribution in [-0.4, -0.2) is 72.3 Å². The van der Waals surface area contributed by atoms with Gasteiger partial charge in [0.1, 0.15) is 0 Å². The van der Waals surface area contributed by atoms with E-state index in [1.807, 2.05) is 47.9 Å². The molecule has 23 heavy (non-hydrogen) atoms. The molecule has 126 valence electrons. The number of hydrogen-bond acceptors (Lipinski definition) is 3. The van der Waals surface area contributed by atoms with Crippen molar-refractivity contribution in [3.05, 3.63) is 34.3 Å². The first-order valence-corrected chi connectivity index (χ1v) is 8.89. The third-order valence-corrected chi connectivity index (χ3v) is 4.75. The van der Waals surface area contributed by atoms with Crippen molar-refractivity contribution in [2.75, 3.05) is 45.8 Å². The summed E-state index contributed by atoms with van der Waals surface area (Å²) in [6, 6.07) is 7.43. The van der Waals surface area contributed by atoms with E-state index in [0.717, 1.165) is 30.7 Å². The number of benzene rings is 1. The lowest BCUT2D eigenvalue weighted by molar-refractivity contribution is -0.132. The normalized spacial score (nSPS) is 15.5. The summed E-state index contributed by atoms with van der Waals surface area (Å²) in [5.41, 5.74) is 0.709. The van der Waals surface area contributed by atoms with Crippen LogP contribution in [0.25, 0.3) is 0 Å². The summed E-state index contributed by atoms with van der Waals surface area (Å²) in [7, 11) is 0. The molecule has 0 aliphatic carbocycles. The molecule has 0 saturated carbocycles. The molecule has 6 heteroatoms. The van der Waals surface area contributed by atoms with Crippen molar-refractivity contribution in [3.8, 4) is 0 Å². The molecule has 0 radical (unpaired) electrons. The van der Waals surface area contributed by atoms with Gasteiger partial charge in [-0.2, -0.15) is 0 Å². The maximum absolute atomic E-state index is 12.5. The SMILES string of the molecule is CCN(CC)C(=O)CN1CCN(C(=O)c2ccc(Br)cc2)CC1. The van der Waals surface area contributed by atoms with E-state index in [-0.39, 0.29) is 11.8 Å². The Morgan fingerprint density at radius 1 is 1.04 bits per heavy atom. The molecule has 1 aliphatic rings. The molecule has 1 aliphatic heterocycles. The average Bonchev–Trinajstić information content (AvgIpc) is 2.57. The predicted molar refractivity (Wildman–Crippen MR) is 94.4 cm³/mol. The zero-order chi connectivity index (χ0) is 16.8. The molecule has 0 unspecified atom stereocenters. The highest BCUT2D eigenvalue weighted by Crippen LogP contribution is 2.13. The molecule has 0 bridgehead atoms. The van der Waals surface area contributed by atoms with Gasteiger partial charge >= 0.3 is 0 Å². The van der Waals surface area contributed by atoms with Gasteiger partial charge in [-0.25, -0.2) is 0 Å². The van der Waals surface area contributed by atoms with Crippen LogP contribution < -0.4 is 0 Å². The first-order chi connectivity index (χ1) is 11.0. The maximum atomic E-state index is 12.5. The molecule has 1 saturated heterocycles. The number of rotatable bonds is 5. The average molecular weight is 382 g/mol. The molecule has 2 amide bonds. The maximum Gasteiger partial charge on any atom is 0.253 e. The summed E-state index contributed by atoms with van der Waals surface area (Å²) < 4.78 is 0.966. The van der Waals surface area contributed by atoms with Gasteiger partial charge in [0.25, 0.3) is 5.91 Å². The van der Waals surface area contributed by atoms with E-state index >= 15 is 0 Å². The lowest BCUT2D eigenvalue weighted by Crippen LogP contribution is -2.51. The van der Waals surface area contributed by atoms with E-state index in [0.29, 0.717) is 25.2 Å². The Labute approximate surface area is 146 Å². The van der Waals surface area contributed by atoms with Gasteiger partial charge in [0.05, 0.1) is 6.54 Å². The van der Waals surface area contributed by atoms with E-state index < -0.39 is 0 Å². The molecule has 1 aromatic carbocycles. The van der Waals surface area contributed by atoms with Crippen molar-refractivity contribution in [1.29, 1.82) is 0 Å². The van der Waals surface area contributed by atoms with E-state index in [9.17, 15) is 9.59 Å². The Bertz CT molecular complexity index is 535. The topological polar surface area (TPSA) is 43.9 Å². The van der Waals surface area contributed by atoms with E-state index in [1.165, 1.54) is 0 Å². The van der Waals surface area contributed by atoms with Gasteiger partial charge in [-0.3, -0.25) is 14.5 Å². The first-order valence-electron chi connectivity index (χ1n) is 8.10. The van der Waals surface area contributed by atoms with Crippen molar-refractivity contribution in [2.45, 2.75) is 13.8 Å². The van der Waals surface area contributed by atoms with Crippen LogP contribution in [0.15, 0.2) is 28.7 Å². The van der Waals surface area contributed by atoms with Gasteiger partial charge < -0.3 is 9.80 Å². The van der Waals surface area contributed by atoms with Gasteiger partial charge in [0.2, 0.25) is 5.91 Å². The number of amides is 2.